The second-order valence-corrected chi connectivity index (χ2v) is 8.77. The summed E-state index contributed by atoms with van der Waals surface area (Å²) >= 11 is 0. The Morgan fingerprint density at radius 3 is 2.56 bits per heavy atom. The van der Waals surface area contributed by atoms with Crippen molar-refractivity contribution in [3.8, 4) is 5.75 Å². The first-order valence-electron chi connectivity index (χ1n) is 10.0. The van der Waals surface area contributed by atoms with Gasteiger partial charge in [0.15, 0.2) is 0 Å². The highest BCUT2D eigenvalue weighted by Gasteiger charge is 2.72. The van der Waals surface area contributed by atoms with Crippen molar-refractivity contribution in [2.45, 2.75) is 56.3 Å². The molecule has 4 rings (SSSR count). The first-order chi connectivity index (χ1) is 12.9. The van der Waals surface area contributed by atoms with Gasteiger partial charge in [-0.1, -0.05) is 19.1 Å². The molecule has 0 radical (unpaired) electrons. The maximum Gasteiger partial charge on any atom is 0.201 e. The molecule has 3 aliphatic carbocycles. The Balaban J connectivity index is 1.75. The number of hydrogen-bond donors (Lipinski definition) is 1. The Labute approximate surface area is 162 Å². The van der Waals surface area contributed by atoms with E-state index in [1.54, 1.807) is 27.4 Å². The lowest BCUT2D eigenvalue weighted by molar-refractivity contribution is -0.289. The van der Waals surface area contributed by atoms with Gasteiger partial charge in [-0.15, -0.1) is 6.58 Å². The van der Waals surface area contributed by atoms with Crippen LogP contribution in [0.3, 0.4) is 0 Å². The van der Waals surface area contributed by atoms with Crippen LogP contribution in [0, 0.1) is 17.3 Å². The van der Waals surface area contributed by atoms with Crippen molar-refractivity contribution in [1.29, 1.82) is 0 Å². The van der Waals surface area contributed by atoms with Crippen molar-refractivity contribution in [2.75, 3.05) is 21.3 Å². The van der Waals surface area contributed by atoms with Crippen LogP contribution < -0.4 is 4.74 Å². The first-order valence-corrected chi connectivity index (χ1v) is 10.0. The summed E-state index contributed by atoms with van der Waals surface area (Å²) in [7, 11) is 5.00. The van der Waals surface area contributed by atoms with Crippen molar-refractivity contribution in [1.82, 2.24) is 0 Å². The average molecular weight is 373 g/mol. The predicted octanol–water partition coefficient (Wildman–Crippen LogP) is 4.07. The zero-order valence-corrected chi connectivity index (χ0v) is 17.0. The molecule has 0 amide bonds. The van der Waals surface area contributed by atoms with Gasteiger partial charge in [-0.05, 0) is 66.7 Å². The van der Waals surface area contributed by atoms with Gasteiger partial charge in [0.1, 0.15) is 11.4 Å². The molecule has 148 valence electrons. The Hall–Kier alpha value is -1.36. The van der Waals surface area contributed by atoms with E-state index in [4.69, 9.17) is 14.2 Å². The van der Waals surface area contributed by atoms with E-state index >= 15 is 0 Å². The van der Waals surface area contributed by atoms with Gasteiger partial charge < -0.3 is 19.3 Å². The maximum absolute atomic E-state index is 11.7. The number of benzene rings is 1. The summed E-state index contributed by atoms with van der Waals surface area (Å²) in [5, 5.41) is 11.7. The maximum atomic E-state index is 11.7. The molecule has 27 heavy (non-hydrogen) atoms. The zero-order valence-electron chi connectivity index (χ0n) is 17.0. The zero-order chi connectivity index (χ0) is 19.4. The van der Waals surface area contributed by atoms with E-state index in [1.165, 1.54) is 11.1 Å². The number of fused-ring (bicyclic) bond motifs is 5. The fourth-order valence-corrected chi connectivity index (χ4v) is 6.69. The molecule has 4 heteroatoms. The highest BCUT2D eigenvalue weighted by atomic mass is 16.7. The highest BCUT2D eigenvalue weighted by Crippen LogP contribution is 2.68. The fraction of sp³-hybridized carbons (Fsp3) is 0.652. The third kappa shape index (κ3) is 2.27. The molecule has 0 aliphatic heterocycles. The summed E-state index contributed by atoms with van der Waals surface area (Å²) in [6.45, 7) is 6.18. The molecule has 3 aliphatic rings. The van der Waals surface area contributed by atoms with Crippen LogP contribution >= 0.6 is 0 Å². The molecule has 1 N–H and O–H groups in total. The van der Waals surface area contributed by atoms with Crippen molar-refractivity contribution in [2.24, 2.45) is 17.3 Å². The number of aliphatic hydroxyl groups is 1. The second-order valence-electron chi connectivity index (χ2n) is 8.77. The van der Waals surface area contributed by atoms with Crippen LogP contribution in [-0.4, -0.2) is 37.8 Å². The SMILES string of the molecule is C=C[C@@]1(O)C(OC)(OC)C[C@H]2[C@@H]3CCc4cc(OC)ccc4[C@H]3CC[C@@]21C. The molecule has 0 unspecified atom stereocenters. The molecule has 0 heterocycles. The molecule has 0 aromatic heterocycles. The number of aryl methyl sites for hydroxylation is 1. The predicted molar refractivity (Wildman–Crippen MR) is 105 cm³/mol. The quantitative estimate of drug-likeness (QED) is 0.639. The minimum atomic E-state index is -1.20. The molecular formula is C23H32O4. The molecule has 0 saturated heterocycles. The van der Waals surface area contributed by atoms with Gasteiger partial charge in [0.2, 0.25) is 5.79 Å². The van der Waals surface area contributed by atoms with Crippen molar-refractivity contribution in [3.05, 3.63) is 42.0 Å². The Bertz CT molecular complexity index is 740. The third-order valence-electron chi connectivity index (χ3n) is 8.22. The monoisotopic (exact) mass is 372 g/mol. The summed E-state index contributed by atoms with van der Waals surface area (Å²) in [6, 6.07) is 6.53. The van der Waals surface area contributed by atoms with Crippen molar-refractivity contribution >= 4 is 0 Å². The normalized spacial score (nSPS) is 39.2. The van der Waals surface area contributed by atoms with Crippen LogP contribution in [-0.2, 0) is 15.9 Å². The lowest BCUT2D eigenvalue weighted by Crippen LogP contribution is -2.59. The van der Waals surface area contributed by atoms with Gasteiger partial charge in [0.25, 0.3) is 0 Å². The fourth-order valence-electron chi connectivity index (χ4n) is 6.69. The molecule has 2 fully saturated rings. The average Bonchev–Trinajstić information content (AvgIpc) is 2.92. The smallest absolute Gasteiger partial charge is 0.201 e. The van der Waals surface area contributed by atoms with Crippen LogP contribution in [0.5, 0.6) is 5.75 Å². The van der Waals surface area contributed by atoms with E-state index in [0.29, 0.717) is 24.2 Å². The van der Waals surface area contributed by atoms with Crippen molar-refractivity contribution < 1.29 is 19.3 Å². The van der Waals surface area contributed by atoms with Gasteiger partial charge in [-0.3, -0.25) is 0 Å². The summed E-state index contributed by atoms with van der Waals surface area (Å²) < 4.78 is 17.1. The third-order valence-corrected chi connectivity index (χ3v) is 8.22. The Morgan fingerprint density at radius 1 is 1.19 bits per heavy atom. The number of rotatable bonds is 4. The Morgan fingerprint density at radius 2 is 1.93 bits per heavy atom. The van der Waals surface area contributed by atoms with E-state index in [-0.39, 0.29) is 5.41 Å². The molecule has 5 atom stereocenters. The van der Waals surface area contributed by atoms with Gasteiger partial charge in [-0.2, -0.15) is 0 Å². The van der Waals surface area contributed by atoms with E-state index in [9.17, 15) is 5.11 Å². The van der Waals surface area contributed by atoms with Crippen LogP contribution in [0.15, 0.2) is 30.9 Å². The largest absolute Gasteiger partial charge is 0.497 e. The van der Waals surface area contributed by atoms with Gasteiger partial charge in [-0.25, -0.2) is 0 Å². The lowest BCUT2D eigenvalue weighted by atomic mass is 9.53. The number of methoxy groups -OCH3 is 3. The summed E-state index contributed by atoms with van der Waals surface area (Å²) in [4.78, 5) is 0. The van der Waals surface area contributed by atoms with Crippen LogP contribution in [0.1, 0.15) is 49.7 Å². The van der Waals surface area contributed by atoms with Gasteiger partial charge in [0.05, 0.1) is 7.11 Å². The van der Waals surface area contributed by atoms with Crippen LogP contribution in [0.2, 0.25) is 0 Å². The van der Waals surface area contributed by atoms with E-state index in [2.05, 4.69) is 31.7 Å². The number of hydrogen-bond acceptors (Lipinski definition) is 4. The topological polar surface area (TPSA) is 47.9 Å². The summed E-state index contributed by atoms with van der Waals surface area (Å²) in [6.07, 6.45) is 6.55. The first kappa shape index (κ1) is 19.0. The van der Waals surface area contributed by atoms with Crippen molar-refractivity contribution in [3.63, 3.8) is 0 Å². The molecule has 4 nitrogen and oxygen atoms in total. The second kappa shape index (κ2) is 6.33. The molecule has 0 bridgehead atoms. The standard InChI is InChI=1S/C23H32O4/c1-6-22(24)21(2)12-11-18-17-10-8-16(25-3)13-15(17)7-9-19(18)20(21)14-23(22,26-4)27-5/h6,8,10,13,18-20,24H,1,7,9,11-12,14H2,2-5H3/t18-,19-,20+,21+,22+/m1/s1. The molecule has 1 aromatic rings. The molecule has 0 spiro atoms. The minimum Gasteiger partial charge on any atom is -0.497 e. The van der Waals surface area contributed by atoms with Crippen LogP contribution in [0.4, 0.5) is 0 Å². The highest BCUT2D eigenvalue weighted by molar-refractivity contribution is 5.41. The molecular weight excluding hydrogens is 340 g/mol. The van der Waals surface area contributed by atoms with Gasteiger partial charge in [0, 0.05) is 26.1 Å². The summed E-state index contributed by atoms with van der Waals surface area (Å²) in [5.41, 5.74) is 1.38. The minimum absolute atomic E-state index is 0.300. The van der Waals surface area contributed by atoms with E-state index < -0.39 is 11.4 Å². The molecule has 1 aromatic carbocycles. The molecule has 2 saturated carbocycles. The van der Waals surface area contributed by atoms with Crippen LogP contribution in [0.25, 0.3) is 0 Å². The number of ether oxygens (including phenoxy) is 3. The lowest BCUT2D eigenvalue weighted by Gasteiger charge is -2.53. The Kier molecular flexibility index (Phi) is 4.45. The summed E-state index contributed by atoms with van der Waals surface area (Å²) in [5.74, 6) is 1.28. The van der Waals surface area contributed by atoms with E-state index in [0.717, 1.165) is 31.4 Å². The van der Waals surface area contributed by atoms with E-state index in [1.807, 2.05) is 0 Å². The van der Waals surface area contributed by atoms with Gasteiger partial charge >= 0.3 is 0 Å².